The Morgan fingerprint density at radius 3 is 2.69 bits per heavy atom. The highest BCUT2D eigenvalue weighted by Gasteiger charge is 2.37. The average Bonchev–Trinajstić information content (AvgIpc) is 3.32. The lowest BCUT2D eigenvalue weighted by Crippen LogP contribution is -2.39. The summed E-state index contributed by atoms with van der Waals surface area (Å²) in [7, 11) is 0. The molecule has 1 unspecified atom stereocenters. The maximum atomic E-state index is 12.8. The fraction of sp³-hybridized carbons (Fsp3) is 0.550. The first kappa shape index (κ1) is 17.2. The fourth-order valence-corrected chi connectivity index (χ4v) is 4.07. The minimum atomic E-state index is -0.437. The van der Waals surface area contributed by atoms with E-state index in [0.29, 0.717) is 18.3 Å². The predicted octanol–water partition coefficient (Wildman–Crippen LogP) is 3.13. The number of aryl methyl sites for hydroxylation is 1. The monoisotopic (exact) mass is 354 g/mol. The molecule has 1 aromatic carbocycles. The lowest BCUT2D eigenvalue weighted by molar-refractivity contribution is 0.0695. The number of rotatable bonds is 3. The van der Waals surface area contributed by atoms with Crippen molar-refractivity contribution >= 4 is 5.91 Å². The van der Waals surface area contributed by atoms with Crippen LogP contribution in [0.25, 0.3) is 0 Å². The molecule has 1 saturated heterocycles. The standard InChI is InChI=1S/C20H26N4O2/c1-14-6-8-15(9-7-14)18(25)24-12-4-5-16(13-24)17-22-19(23-26-17)20(21)10-2-3-11-20/h6-9,16H,2-5,10-13,21H2,1H3. The summed E-state index contributed by atoms with van der Waals surface area (Å²) in [6.45, 7) is 3.41. The van der Waals surface area contributed by atoms with Gasteiger partial charge in [-0.15, -0.1) is 0 Å². The van der Waals surface area contributed by atoms with Gasteiger partial charge in [-0.05, 0) is 44.7 Å². The first-order chi connectivity index (χ1) is 12.5. The largest absolute Gasteiger partial charge is 0.339 e. The highest BCUT2D eigenvalue weighted by Crippen LogP contribution is 2.36. The highest BCUT2D eigenvalue weighted by molar-refractivity contribution is 5.94. The average molecular weight is 354 g/mol. The van der Waals surface area contributed by atoms with Crippen LogP contribution in [0.4, 0.5) is 0 Å². The molecule has 2 fully saturated rings. The van der Waals surface area contributed by atoms with Gasteiger partial charge in [-0.3, -0.25) is 4.79 Å². The minimum absolute atomic E-state index is 0.0699. The lowest BCUT2D eigenvalue weighted by Gasteiger charge is -2.31. The van der Waals surface area contributed by atoms with Crippen LogP contribution in [0.3, 0.4) is 0 Å². The molecular weight excluding hydrogens is 328 g/mol. The maximum Gasteiger partial charge on any atom is 0.253 e. The number of hydrogen-bond donors (Lipinski definition) is 1. The highest BCUT2D eigenvalue weighted by atomic mass is 16.5. The molecule has 0 bridgehead atoms. The molecule has 6 nitrogen and oxygen atoms in total. The van der Waals surface area contributed by atoms with E-state index in [-0.39, 0.29) is 11.8 Å². The van der Waals surface area contributed by atoms with Crippen LogP contribution >= 0.6 is 0 Å². The molecule has 1 atom stereocenters. The fourth-order valence-electron chi connectivity index (χ4n) is 4.07. The van der Waals surface area contributed by atoms with Gasteiger partial charge in [0.2, 0.25) is 5.89 Å². The zero-order valence-electron chi connectivity index (χ0n) is 15.3. The Hall–Kier alpha value is -2.21. The number of amides is 1. The molecule has 4 rings (SSSR count). The van der Waals surface area contributed by atoms with Crippen molar-refractivity contribution < 1.29 is 9.32 Å². The van der Waals surface area contributed by atoms with Gasteiger partial charge in [-0.2, -0.15) is 4.98 Å². The first-order valence-corrected chi connectivity index (χ1v) is 9.54. The number of nitrogens with two attached hydrogens (primary N) is 1. The van der Waals surface area contributed by atoms with Crippen molar-refractivity contribution in [1.82, 2.24) is 15.0 Å². The van der Waals surface area contributed by atoms with Crippen LogP contribution in [0, 0.1) is 6.92 Å². The van der Waals surface area contributed by atoms with E-state index in [0.717, 1.165) is 56.2 Å². The third kappa shape index (κ3) is 3.26. The number of carbonyl (C=O) groups excluding carboxylic acids is 1. The summed E-state index contributed by atoms with van der Waals surface area (Å²) >= 11 is 0. The Balaban J connectivity index is 1.47. The Labute approximate surface area is 153 Å². The smallest absolute Gasteiger partial charge is 0.253 e. The van der Waals surface area contributed by atoms with Crippen LogP contribution in [0.5, 0.6) is 0 Å². The lowest BCUT2D eigenvalue weighted by atomic mass is 9.96. The SMILES string of the molecule is Cc1ccc(C(=O)N2CCCC(c3nc(C4(N)CCCC4)no3)C2)cc1. The van der Waals surface area contributed by atoms with E-state index in [1.165, 1.54) is 0 Å². The molecular formula is C20H26N4O2. The van der Waals surface area contributed by atoms with Gasteiger partial charge in [0.25, 0.3) is 5.91 Å². The number of nitrogens with zero attached hydrogens (tertiary/aromatic N) is 3. The van der Waals surface area contributed by atoms with Crippen LogP contribution in [-0.2, 0) is 5.54 Å². The normalized spacial score (nSPS) is 22.5. The number of piperidine rings is 1. The number of aromatic nitrogens is 2. The van der Waals surface area contributed by atoms with Crippen molar-refractivity contribution in [2.75, 3.05) is 13.1 Å². The third-order valence-electron chi connectivity index (χ3n) is 5.74. The summed E-state index contributed by atoms with van der Waals surface area (Å²) in [6.07, 6.45) is 5.94. The van der Waals surface area contributed by atoms with E-state index in [1.54, 1.807) is 0 Å². The van der Waals surface area contributed by atoms with E-state index in [1.807, 2.05) is 36.1 Å². The zero-order chi connectivity index (χ0) is 18.1. The Morgan fingerprint density at radius 2 is 1.96 bits per heavy atom. The van der Waals surface area contributed by atoms with E-state index in [9.17, 15) is 4.79 Å². The van der Waals surface area contributed by atoms with Gasteiger partial charge < -0.3 is 15.2 Å². The molecule has 1 saturated carbocycles. The number of benzene rings is 1. The van der Waals surface area contributed by atoms with Gasteiger partial charge in [-0.25, -0.2) is 0 Å². The van der Waals surface area contributed by atoms with Crippen molar-refractivity contribution in [2.45, 2.75) is 56.9 Å². The van der Waals surface area contributed by atoms with Crippen molar-refractivity contribution in [3.63, 3.8) is 0 Å². The molecule has 2 N–H and O–H groups in total. The van der Waals surface area contributed by atoms with Gasteiger partial charge in [-0.1, -0.05) is 35.7 Å². The zero-order valence-corrected chi connectivity index (χ0v) is 15.3. The first-order valence-electron chi connectivity index (χ1n) is 9.54. The molecule has 1 amide bonds. The summed E-state index contributed by atoms with van der Waals surface area (Å²) in [5.74, 6) is 1.41. The van der Waals surface area contributed by atoms with Gasteiger partial charge in [0.1, 0.15) is 0 Å². The summed E-state index contributed by atoms with van der Waals surface area (Å²) in [6, 6.07) is 7.73. The van der Waals surface area contributed by atoms with Gasteiger partial charge in [0.15, 0.2) is 5.82 Å². The number of carbonyl (C=O) groups is 1. The van der Waals surface area contributed by atoms with E-state index in [2.05, 4.69) is 10.1 Å². The summed E-state index contributed by atoms with van der Waals surface area (Å²) in [5, 5.41) is 4.17. The van der Waals surface area contributed by atoms with Crippen LogP contribution < -0.4 is 5.73 Å². The Kier molecular flexibility index (Phi) is 4.53. The van der Waals surface area contributed by atoms with Gasteiger partial charge >= 0.3 is 0 Å². The summed E-state index contributed by atoms with van der Waals surface area (Å²) in [5.41, 5.74) is 7.88. The Morgan fingerprint density at radius 1 is 1.23 bits per heavy atom. The maximum absolute atomic E-state index is 12.8. The van der Waals surface area contributed by atoms with Crippen LogP contribution in [0.2, 0.25) is 0 Å². The van der Waals surface area contributed by atoms with E-state index in [4.69, 9.17) is 10.3 Å². The molecule has 0 radical (unpaired) electrons. The Bertz CT molecular complexity index is 777. The second-order valence-electron chi connectivity index (χ2n) is 7.78. The van der Waals surface area contributed by atoms with Crippen molar-refractivity contribution in [2.24, 2.45) is 5.73 Å². The predicted molar refractivity (Wildman–Crippen MR) is 97.7 cm³/mol. The number of likely N-dealkylation sites (tertiary alicyclic amines) is 1. The molecule has 26 heavy (non-hydrogen) atoms. The number of hydrogen-bond acceptors (Lipinski definition) is 5. The molecule has 2 aromatic rings. The van der Waals surface area contributed by atoms with Crippen LogP contribution in [-0.4, -0.2) is 34.0 Å². The molecule has 2 aliphatic rings. The van der Waals surface area contributed by atoms with Crippen LogP contribution in [0.1, 0.15) is 72.1 Å². The van der Waals surface area contributed by atoms with Gasteiger partial charge in [0, 0.05) is 18.7 Å². The van der Waals surface area contributed by atoms with E-state index >= 15 is 0 Å². The topological polar surface area (TPSA) is 85.2 Å². The minimum Gasteiger partial charge on any atom is -0.339 e. The molecule has 0 spiro atoms. The molecule has 1 aromatic heterocycles. The third-order valence-corrected chi connectivity index (χ3v) is 5.74. The second-order valence-corrected chi connectivity index (χ2v) is 7.78. The molecule has 138 valence electrons. The van der Waals surface area contributed by atoms with Crippen molar-refractivity contribution in [3.8, 4) is 0 Å². The quantitative estimate of drug-likeness (QED) is 0.915. The molecule has 1 aliphatic heterocycles. The van der Waals surface area contributed by atoms with Crippen LogP contribution in [0.15, 0.2) is 28.8 Å². The van der Waals surface area contributed by atoms with Gasteiger partial charge in [0.05, 0.1) is 11.5 Å². The van der Waals surface area contributed by atoms with E-state index < -0.39 is 5.54 Å². The molecule has 1 aliphatic carbocycles. The molecule has 6 heteroatoms. The summed E-state index contributed by atoms with van der Waals surface area (Å²) < 4.78 is 5.55. The summed E-state index contributed by atoms with van der Waals surface area (Å²) in [4.78, 5) is 19.3. The second kappa shape index (κ2) is 6.83. The van der Waals surface area contributed by atoms with Crippen molar-refractivity contribution in [1.29, 1.82) is 0 Å². The van der Waals surface area contributed by atoms with Crippen molar-refractivity contribution in [3.05, 3.63) is 47.1 Å². The molecule has 2 heterocycles.